The lowest BCUT2D eigenvalue weighted by molar-refractivity contribution is 0.739. The zero-order valence-electron chi connectivity index (χ0n) is 8.27. The van der Waals surface area contributed by atoms with Crippen LogP contribution in [0.2, 0.25) is 0 Å². The van der Waals surface area contributed by atoms with Crippen molar-refractivity contribution < 1.29 is 0 Å². The molecule has 14 heavy (non-hydrogen) atoms. The fraction of sp³-hybridized carbons (Fsp3) is 0.250. The first kappa shape index (κ1) is 9.16. The van der Waals surface area contributed by atoms with Crippen LogP contribution in [0, 0.1) is 0 Å². The van der Waals surface area contributed by atoms with Gasteiger partial charge in [-0.15, -0.1) is 0 Å². The first-order valence-corrected chi connectivity index (χ1v) is 4.85. The molecule has 1 heterocycles. The largest absolute Gasteiger partial charge is 0.328 e. The summed E-state index contributed by atoms with van der Waals surface area (Å²) in [5.41, 5.74) is 8.07. The van der Waals surface area contributed by atoms with Gasteiger partial charge in [0, 0.05) is 17.6 Å². The van der Waals surface area contributed by atoms with Gasteiger partial charge in [0.2, 0.25) is 0 Å². The number of hydrogen-bond acceptors (Lipinski definition) is 2. The van der Waals surface area contributed by atoms with E-state index in [4.69, 9.17) is 5.73 Å². The summed E-state index contributed by atoms with van der Waals surface area (Å²) in [5.74, 6) is 0. The molecule has 0 radical (unpaired) electrons. The summed E-state index contributed by atoms with van der Waals surface area (Å²) in [5, 5.41) is 1.19. The van der Waals surface area contributed by atoms with Crippen molar-refractivity contribution in [1.29, 1.82) is 0 Å². The highest BCUT2D eigenvalue weighted by Crippen LogP contribution is 2.14. The zero-order chi connectivity index (χ0) is 9.97. The van der Waals surface area contributed by atoms with Gasteiger partial charge in [0.25, 0.3) is 0 Å². The van der Waals surface area contributed by atoms with Crippen molar-refractivity contribution in [2.24, 2.45) is 5.73 Å². The summed E-state index contributed by atoms with van der Waals surface area (Å²) in [6, 6.07) is 10.5. The Hall–Kier alpha value is -1.41. The Morgan fingerprint density at radius 3 is 3.00 bits per heavy atom. The van der Waals surface area contributed by atoms with Crippen LogP contribution in [0.3, 0.4) is 0 Å². The van der Waals surface area contributed by atoms with Crippen LogP contribution in [-0.4, -0.2) is 11.0 Å². The maximum atomic E-state index is 5.75. The Labute approximate surface area is 83.8 Å². The van der Waals surface area contributed by atoms with Gasteiger partial charge in [0.1, 0.15) is 0 Å². The normalized spacial score (nSPS) is 13.0. The molecule has 0 saturated heterocycles. The highest BCUT2D eigenvalue weighted by atomic mass is 14.6. The molecule has 2 rings (SSSR count). The molecular formula is C12H14N2. The zero-order valence-corrected chi connectivity index (χ0v) is 8.27. The number of benzene rings is 1. The average Bonchev–Trinajstić information content (AvgIpc) is 2.17. The summed E-state index contributed by atoms with van der Waals surface area (Å²) in [7, 11) is 0. The van der Waals surface area contributed by atoms with Crippen LogP contribution in [-0.2, 0) is 6.42 Å². The maximum absolute atomic E-state index is 5.75. The van der Waals surface area contributed by atoms with Gasteiger partial charge in [-0.3, -0.25) is 4.98 Å². The van der Waals surface area contributed by atoms with Crippen LogP contribution < -0.4 is 5.73 Å². The highest BCUT2D eigenvalue weighted by molar-refractivity contribution is 5.78. The Bertz CT molecular complexity index is 435. The molecule has 1 aromatic carbocycles. The summed E-state index contributed by atoms with van der Waals surface area (Å²) in [4.78, 5) is 4.27. The van der Waals surface area contributed by atoms with Gasteiger partial charge >= 0.3 is 0 Å². The van der Waals surface area contributed by atoms with Crippen LogP contribution in [0.5, 0.6) is 0 Å². The molecule has 1 atom stereocenters. The van der Waals surface area contributed by atoms with Gasteiger partial charge in [-0.05, 0) is 37.1 Å². The van der Waals surface area contributed by atoms with Gasteiger partial charge in [0.15, 0.2) is 0 Å². The molecule has 2 aromatic rings. The lowest BCUT2D eigenvalue weighted by Crippen LogP contribution is -2.17. The van der Waals surface area contributed by atoms with Crippen molar-refractivity contribution in [3.05, 3.63) is 42.1 Å². The molecule has 0 bridgehead atoms. The minimum Gasteiger partial charge on any atom is -0.328 e. The first-order chi connectivity index (χ1) is 6.75. The Morgan fingerprint density at radius 2 is 2.21 bits per heavy atom. The smallest absolute Gasteiger partial charge is 0.0702 e. The number of rotatable bonds is 2. The summed E-state index contributed by atoms with van der Waals surface area (Å²) < 4.78 is 0. The van der Waals surface area contributed by atoms with Crippen molar-refractivity contribution in [3.63, 3.8) is 0 Å². The second-order valence-electron chi connectivity index (χ2n) is 3.71. The molecule has 2 nitrogen and oxygen atoms in total. The minimum atomic E-state index is 0.212. The van der Waals surface area contributed by atoms with Gasteiger partial charge < -0.3 is 5.73 Å². The third-order valence-electron chi connectivity index (χ3n) is 2.23. The monoisotopic (exact) mass is 186 g/mol. The Balaban J connectivity index is 2.41. The van der Waals surface area contributed by atoms with Crippen molar-refractivity contribution >= 4 is 10.9 Å². The van der Waals surface area contributed by atoms with Gasteiger partial charge in [-0.25, -0.2) is 0 Å². The van der Waals surface area contributed by atoms with Gasteiger partial charge in [-0.2, -0.15) is 0 Å². The van der Waals surface area contributed by atoms with Crippen LogP contribution in [0.15, 0.2) is 36.5 Å². The van der Waals surface area contributed by atoms with E-state index in [9.17, 15) is 0 Å². The third-order valence-corrected chi connectivity index (χ3v) is 2.23. The molecule has 0 aliphatic rings. The first-order valence-electron chi connectivity index (χ1n) is 4.85. The number of nitrogens with two attached hydrogens (primary N) is 1. The minimum absolute atomic E-state index is 0.212. The van der Waals surface area contributed by atoms with E-state index in [0.717, 1.165) is 11.9 Å². The summed E-state index contributed by atoms with van der Waals surface area (Å²) >= 11 is 0. The van der Waals surface area contributed by atoms with Crippen molar-refractivity contribution in [3.8, 4) is 0 Å². The summed E-state index contributed by atoms with van der Waals surface area (Å²) in [6.07, 6.45) is 2.73. The fourth-order valence-electron chi connectivity index (χ4n) is 1.62. The molecule has 2 N–H and O–H groups in total. The van der Waals surface area contributed by atoms with E-state index in [1.165, 1.54) is 10.9 Å². The third kappa shape index (κ3) is 1.91. The lowest BCUT2D eigenvalue weighted by Gasteiger charge is -2.05. The van der Waals surface area contributed by atoms with Crippen LogP contribution in [0.1, 0.15) is 12.5 Å². The SMILES string of the molecule is C[C@@H](N)Cc1ccc2ncccc2c1. The highest BCUT2D eigenvalue weighted by Gasteiger charge is 1.99. The predicted molar refractivity (Wildman–Crippen MR) is 59.1 cm³/mol. The lowest BCUT2D eigenvalue weighted by atomic mass is 10.1. The number of hydrogen-bond donors (Lipinski definition) is 1. The molecule has 0 aliphatic carbocycles. The molecule has 0 spiro atoms. The van der Waals surface area contributed by atoms with E-state index in [2.05, 4.69) is 23.2 Å². The maximum Gasteiger partial charge on any atom is 0.0702 e. The topological polar surface area (TPSA) is 38.9 Å². The molecule has 0 amide bonds. The van der Waals surface area contributed by atoms with E-state index < -0.39 is 0 Å². The number of pyridine rings is 1. The van der Waals surface area contributed by atoms with E-state index in [0.29, 0.717) is 0 Å². The van der Waals surface area contributed by atoms with Crippen molar-refractivity contribution in [2.45, 2.75) is 19.4 Å². The van der Waals surface area contributed by atoms with E-state index in [1.54, 1.807) is 0 Å². The molecular weight excluding hydrogens is 172 g/mol. The number of nitrogens with zero attached hydrogens (tertiary/aromatic N) is 1. The van der Waals surface area contributed by atoms with E-state index >= 15 is 0 Å². The van der Waals surface area contributed by atoms with Crippen LogP contribution in [0.25, 0.3) is 10.9 Å². The van der Waals surface area contributed by atoms with Crippen LogP contribution >= 0.6 is 0 Å². The second-order valence-corrected chi connectivity index (χ2v) is 3.71. The van der Waals surface area contributed by atoms with Crippen molar-refractivity contribution in [1.82, 2.24) is 4.98 Å². The average molecular weight is 186 g/mol. The molecule has 0 unspecified atom stereocenters. The Morgan fingerprint density at radius 1 is 1.36 bits per heavy atom. The number of fused-ring (bicyclic) bond motifs is 1. The molecule has 2 heteroatoms. The van der Waals surface area contributed by atoms with E-state index in [1.807, 2.05) is 25.3 Å². The van der Waals surface area contributed by atoms with Gasteiger partial charge in [-0.1, -0.05) is 12.1 Å². The quantitative estimate of drug-likeness (QED) is 0.780. The molecule has 0 fully saturated rings. The Kier molecular flexibility index (Phi) is 2.46. The van der Waals surface area contributed by atoms with Gasteiger partial charge in [0.05, 0.1) is 5.52 Å². The van der Waals surface area contributed by atoms with E-state index in [-0.39, 0.29) is 6.04 Å². The molecule has 1 aromatic heterocycles. The van der Waals surface area contributed by atoms with Crippen molar-refractivity contribution in [2.75, 3.05) is 0 Å². The fourth-order valence-corrected chi connectivity index (χ4v) is 1.62. The summed E-state index contributed by atoms with van der Waals surface area (Å²) in [6.45, 7) is 2.02. The second kappa shape index (κ2) is 3.76. The van der Waals surface area contributed by atoms with Crippen LogP contribution in [0.4, 0.5) is 0 Å². The standard InChI is InChI=1S/C12H14N2/c1-9(13)7-10-4-5-12-11(8-10)3-2-6-14-12/h2-6,8-9H,7,13H2,1H3/t9-/m1/s1. The predicted octanol–water partition coefficient (Wildman–Crippen LogP) is 2.12. The molecule has 0 aliphatic heterocycles. The molecule has 0 saturated carbocycles. The molecule has 72 valence electrons. The number of aromatic nitrogens is 1.